The van der Waals surface area contributed by atoms with Crippen LogP contribution in [0.5, 0.6) is 0 Å². The van der Waals surface area contributed by atoms with Crippen LogP contribution in [0.1, 0.15) is 37.5 Å². The van der Waals surface area contributed by atoms with E-state index in [1.165, 1.54) is 18.4 Å². The van der Waals surface area contributed by atoms with Gasteiger partial charge in [0.05, 0.1) is 24.4 Å². The van der Waals surface area contributed by atoms with Crippen LogP contribution < -0.4 is 5.32 Å². The highest BCUT2D eigenvalue weighted by Crippen LogP contribution is 2.35. The molecule has 4 nitrogen and oxygen atoms in total. The molecular formula is C11H17N3O. The number of nitrogens with one attached hydrogen (secondary N) is 1. The summed E-state index contributed by atoms with van der Waals surface area (Å²) in [6.07, 6.45) is 7.13. The average molecular weight is 207 g/mol. The van der Waals surface area contributed by atoms with Crippen molar-refractivity contribution in [3.8, 4) is 0 Å². The lowest BCUT2D eigenvalue weighted by Gasteiger charge is -2.27. The summed E-state index contributed by atoms with van der Waals surface area (Å²) < 4.78 is 7.95. The zero-order chi connectivity index (χ0) is 10.3. The molecule has 0 unspecified atom stereocenters. The zero-order valence-electron chi connectivity index (χ0n) is 9.02. The number of hydrogen-bond acceptors (Lipinski definition) is 3. The summed E-state index contributed by atoms with van der Waals surface area (Å²) in [5, 5.41) is 7.76. The number of nitrogens with zero attached hydrogens (tertiary/aromatic N) is 2. The SMILES string of the molecule is C[C@H]1CNC[C@@H](c2cnn(C3CC3)c2)O1. The first-order valence-corrected chi connectivity index (χ1v) is 5.73. The summed E-state index contributed by atoms with van der Waals surface area (Å²) in [6, 6.07) is 0.660. The molecule has 1 aromatic heterocycles. The van der Waals surface area contributed by atoms with Gasteiger partial charge in [-0.05, 0) is 19.8 Å². The fourth-order valence-electron chi connectivity index (χ4n) is 2.05. The lowest BCUT2D eigenvalue weighted by Crippen LogP contribution is -2.38. The van der Waals surface area contributed by atoms with E-state index in [1.807, 2.05) is 6.20 Å². The van der Waals surface area contributed by atoms with E-state index in [9.17, 15) is 0 Å². The Labute approximate surface area is 89.6 Å². The lowest BCUT2D eigenvalue weighted by atomic mass is 10.1. The van der Waals surface area contributed by atoms with E-state index in [1.54, 1.807) is 0 Å². The van der Waals surface area contributed by atoms with E-state index < -0.39 is 0 Å². The summed E-state index contributed by atoms with van der Waals surface area (Å²) in [5.41, 5.74) is 1.21. The maximum atomic E-state index is 5.87. The van der Waals surface area contributed by atoms with Gasteiger partial charge in [-0.15, -0.1) is 0 Å². The van der Waals surface area contributed by atoms with Gasteiger partial charge in [-0.2, -0.15) is 5.10 Å². The maximum absolute atomic E-state index is 5.87. The molecule has 15 heavy (non-hydrogen) atoms. The van der Waals surface area contributed by atoms with Gasteiger partial charge in [0.25, 0.3) is 0 Å². The predicted octanol–water partition coefficient (Wildman–Crippen LogP) is 1.27. The molecule has 1 aliphatic carbocycles. The molecule has 82 valence electrons. The van der Waals surface area contributed by atoms with Gasteiger partial charge >= 0.3 is 0 Å². The fraction of sp³-hybridized carbons (Fsp3) is 0.727. The van der Waals surface area contributed by atoms with Gasteiger partial charge in [0, 0.05) is 24.8 Å². The Bertz CT molecular complexity index is 345. The van der Waals surface area contributed by atoms with Crippen LogP contribution in [-0.4, -0.2) is 29.0 Å². The Hall–Kier alpha value is -0.870. The first kappa shape index (κ1) is 9.36. The minimum Gasteiger partial charge on any atom is -0.368 e. The molecule has 2 heterocycles. The van der Waals surface area contributed by atoms with Crippen molar-refractivity contribution in [1.29, 1.82) is 0 Å². The van der Waals surface area contributed by atoms with Crippen LogP contribution >= 0.6 is 0 Å². The van der Waals surface area contributed by atoms with Gasteiger partial charge in [0.2, 0.25) is 0 Å². The van der Waals surface area contributed by atoms with Gasteiger partial charge in [0.15, 0.2) is 0 Å². The van der Waals surface area contributed by atoms with Crippen molar-refractivity contribution in [2.75, 3.05) is 13.1 Å². The number of morpholine rings is 1. The first-order chi connectivity index (χ1) is 7.33. The molecule has 1 aliphatic heterocycles. The van der Waals surface area contributed by atoms with Gasteiger partial charge in [-0.3, -0.25) is 4.68 Å². The molecule has 2 fully saturated rings. The second-order valence-electron chi connectivity index (χ2n) is 4.58. The lowest BCUT2D eigenvalue weighted by molar-refractivity contribution is -0.0287. The van der Waals surface area contributed by atoms with Gasteiger partial charge < -0.3 is 10.1 Å². The summed E-state index contributed by atoms with van der Waals surface area (Å²) in [6.45, 7) is 3.96. The van der Waals surface area contributed by atoms with Crippen LogP contribution in [0.3, 0.4) is 0 Å². The number of hydrogen-bond donors (Lipinski definition) is 1. The van der Waals surface area contributed by atoms with Gasteiger partial charge in [0.1, 0.15) is 0 Å². The van der Waals surface area contributed by atoms with E-state index in [0.29, 0.717) is 12.1 Å². The van der Waals surface area contributed by atoms with E-state index in [0.717, 1.165) is 13.1 Å². The van der Waals surface area contributed by atoms with Crippen LogP contribution in [0.4, 0.5) is 0 Å². The summed E-state index contributed by atoms with van der Waals surface area (Å²) in [5.74, 6) is 0. The molecule has 3 rings (SSSR count). The molecule has 4 heteroatoms. The van der Waals surface area contributed by atoms with Crippen LogP contribution in [0.15, 0.2) is 12.4 Å². The quantitative estimate of drug-likeness (QED) is 0.793. The number of rotatable bonds is 2. The molecule has 2 atom stereocenters. The second kappa shape index (κ2) is 3.61. The van der Waals surface area contributed by atoms with Gasteiger partial charge in [-0.25, -0.2) is 0 Å². The van der Waals surface area contributed by atoms with Crippen LogP contribution in [0.25, 0.3) is 0 Å². The molecule has 0 spiro atoms. The number of ether oxygens (including phenoxy) is 1. The minimum atomic E-state index is 0.182. The molecule has 1 saturated heterocycles. The van der Waals surface area contributed by atoms with E-state index in [2.05, 4.69) is 28.2 Å². The molecule has 0 aromatic carbocycles. The van der Waals surface area contributed by atoms with E-state index in [4.69, 9.17) is 4.74 Å². The standard InChI is InChI=1S/C11H17N3O/c1-8-4-12-6-11(15-8)9-5-13-14(7-9)10-2-3-10/h5,7-8,10-12H,2-4,6H2,1H3/t8-,11-/m0/s1. The monoisotopic (exact) mass is 207 g/mol. The summed E-state index contributed by atoms with van der Waals surface area (Å²) in [4.78, 5) is 0. The Morgan fingerprint density at radius 3 is 3.07 bits per heavy atom. The zero-order valence-corrected chi connectivity index (χ0v) is 9.02. The third-order valence-electron chi connectivity index (χ3n) is 3.07. The first-order valence-electron chi connectivity index (χ1n) is 5.73. The van der Waals surface area contributed by atoms with Crippen molar-refractivity contribution in [2.45, 2.75) is 38.0 Å². The normalized spacial score (nSPS) is 31.8. The van der Waals surface area contributed by atoms with Crippen molar-refractivity contribution in [1.82, 2.24) is 15.1 Å². The highest BCUT2D eigenvalue weighted by atomic mass is 16.5. The summed E-state index contributed by atoms with van der Waals surface area (Å²) in [7, 11) is 0. The molecule has 0 bridgehead atoms. The van der Waals surface area contributed by atoms with E-state index >= 15 is 0 Å². The highest BCUT2D eigenvalue weighted by Gasteiger charge is 2.27. The maximum Gasteiger partial charge on any atom is 0.0983 e. The smallest absolute Gasteiger partial charge is 0.0983 e. The van der Waals surface area contributed by atoms with Crippen molar-refractivity contribution in [3.63, 3.8) is 0 Å². The Morgan fingerprint density at radius 2 is 2.33 bits per heavy atom. The van der Waals surface area contributed by atoms with Crippen molar-refractivity contribution < 1.29 is 4.74 Å². The van der Waals surface area contributed by atoms with Crippen LogP contribution in [-0.2, 0) is 4.74 Å². The third-order valence-corrected chi connectivity index (χ3v) is 3.07. The topological polar surface area (TPSA) is 39.1 Å². The van der Waals surface area contributed by atoms with Crippen molar-refractivity contribution in [2.24, 2.45) is 0 Å². The van der Waals surface area contributed by atoms with E-state index in [-0.39, 0.29) is 6.10 Å². The highest BCUT2D eigenvalue weighted by molar-refractivity contribution is 5.11. The third kappa shape index (κ3) is 1.92. The van der Waals surface area contributed by atoms with Crippen molar-refractivity contribution >= 4 is 0 Å². The molecule has 0 amide bonds. The van der Waals surface area contributed by atoms with Crippen LogP contribution in [0.2, 0.25) is 0 Å². The fourth-order valence-corrected chi connectivity index (χ4v) is 2.05. The minimum absolute atomic E-state index is 0.182. The molecule has 1 saturated carbocycles. The van der Waals surface area contributed by atoms with Crippen molar-refractivity contribution in [3.05, 3.63) is 18.0 Å². The Kier molecular flexibility index (Phi) is 2.25. The summed E-state index contributed by atoms with van der Waals surface area (Å²) >= 11 is 0. The Balaban J connectivity index is 1.73. The van der Waals surface area contributed by atoms with Crippen LogP contribution in [0, 0.1) is 0 Å². The number of aromatic nitrogens is 2. The largest absolute Gasteiger partial charge is 0.368 e. The molecule has 1 N–H and O–H groups in total. The predicted molar refractivity (Wildman–Crippen MR) is 56.7 cm³/mol. The molecule has 1 aromatic rings. The van der Waals surface area contributed by atoms with Gasteiger partial charge in [-0.1, -0.05) is 0 Å². The second-order valence-corrected chi connectivity index (χ2v) is 4.58. The molecule has 0 radical (unpaired) electrons. The molecule has 2 aliphatic rings. The Morgan fingerprint density at radius 1 is 1.47 bits per heavy atom. The average Bonchev–Trinajstić information content (AvgIpc) is 2.97. The molecular weight excluding hydrogens is 190 g/mol.